The summed E-state index contributed by atoms with van der Waals surface area (Å²) in [5, 5.41) is 37.9. The third kappa shape index (κ3) is 2.18. The normalized spacial score (nSPS) is 10.4. The zero-order valence-electron chi connectivity index (χ0n) is 10.1. The number of ketones is 1. The first-order valence-electron chi connectivity index (χ1n) is 5.50. The lowest BCUT2D eigenvalue weighted by atomic mass is 10.00. The van der Waals surface area contributed by atoms with Crippen LogP contribution in [0.15, 0.2) is 30.3 Å². The van der Waals surface area contributed by atoms with Crippen LogP contribution in [0.4, 0.5) is 0 Å². The molecule has 0 spiro atoms. The van der Waals surface area contributed by atoms with Crippen molar-refractivity contribution in [3.05, 3.63) is 47.0 Å². The predicted octanol–water partition coefficient (Wildman–Crippen LogP) is 2.05. The van der Waals surface area contributed by atoms with Gasteiger partial charge in [0.1, 0.15) is 5.75 Å². The maximum absolute atomic E-state index is 12.2. The van der Waals surface area contributed by atoms with E-state index in [1.54, 1.807) is 13.0 Å². The summed E-state index contributed by atoms with van der Waals surface area (Å²) in [6, 6.07) is 6.75. The second-order valence-electron chi connectivity index (χ2n) is 4.18. The molecule has 19 heavy (non-hydrogen) atoms. The van der Waals surface area contributed by atoms with Crippen LogP contribution in [-0.2, 0) is 0 Å². The quantitative estimate of drug-likeness (QED) is 0.489. The average molecular weight is 260 g/mol. The molecule has 98 valence electrons. The number of rotatable bonds is 2. The Morgan fingerprint density at radius 3 is 2.11 bits per heavy atom. The Morgan fingerprint density at radius 1 is 0.842 bits per heavy atom. The van der Waals surface area contributed by atoms with Gasteiger partial charge in [-0.25, -0.2) is 0 Å². The minimum atomic E-state index is -0.766. The van der Waals surface area contributed by atoms with E-state index < -0.39 is 23.0 Å². The third-order valence-corrected chi connectivity index (χ3v) is 2.77. The Morgan fingerprint density at radius 2 is 1.47 bits per heavy atom. The van der Waals surface area contributed by atoms with Crippen LogP contribution in [0, 0.1) is 6.92 Å². The van der Waals surface area contributed by atoms with Crippen LogP contribution >= 0.6 is 0 Å². The first-order valence-corrected chi connectivity index (χ1v) is 5.50. The van der Waals surface area contributed by atoms with Crippen molar-refractivity contribution in [3.63, 3.8) is 0 Å². The largest absolute Gasteiger partial charge is 0.507 e. The molecule has 0 fully saturated rings. The molecule has 0 bridgehead atoms. The highest BCUT2D eigenvalue weighted by atomic mass is 16.3. The molecule has 0 atom stereocenters. The van der Waals surface area contributed by atoms with Crippen molar-refractivity contribution >= 4 is 5.78 Å². The third-order valence-electron chi connectivity index (χ3n) is 2.77. The zero-order chi connectivity index (χ0) is 14.2. The van der Waals surface area contributed by atoms with Crippen molar-refractivity contribution in [2.45, 2.75) is 6.92 Å². The van der Waals surface area contributed by atoms with Gasteiger partial charge >= 0.3 is 0 Å². The monoisotopic (exact) mass is 260 g/mol. The number of carbonyl (C=O) groups excluding carboxylic acids is 1. The van der Waals surface area contributed by atoms with Crippen LogP contribution in [0.5, 0.6) is 23.0 Å². The number of phenolic OH excluding ortho intramolecular Hbond substituents is 4. The Balaban J connectivity index is 2.53. The van der Waals surface area contributed by atoms with Crippen molar-refractivity contribution in [2.24, 2.45) is 0 Å². The van der Waals surface area contributed by atoms with Crippen molar-refractivity contribution in [3.8, 4) is 23.0 Å². The maximum Gasteiger partial charge on any atom is 0.201 e. The fourth-order valence-electron chi connectivity index (χ4n) is 1.73. The SMILES string of the molecule is Cc1ccc(C(=O)c2ccc(O)c(O)c2O)c(O)c1. The topological polar surface area (TPSA) is 98.0 Å². The van der Waals surface area contributed by atoms with Gasteiger partial charge in [-0.15, -0.1) is 0 Å². The van der Waals surface area contributed by atoms with Crippen LogP contribution in [0.25, 0.3) is 0 Å². The molecule has 0 heterocycles. The molecule has 2 aromatic carbocycles. The summed E-state index contributed by atoms with van der Waals surface area (Å²) in [6.45, 7) is 1.76. The second kappa shape index (κ2) is 4.53. The summed E-state index contributed by atoms with van der Waals surface area (Å²) >= 11 is 0. The minimum absolute atomic E-state index is 0.00555. The maximum atomic E-state index is 12.2. The van der Waals surface area contributed by atoms with Gasteiger partial charge < -0.3 is 20.4 Å². The van der Waals surface area contributed by atoms with Crippen LogP contribution in [0.3, 0.4) is 0 Å². The lowest BCUT2D eigenvalue weighted by Crippen LogP contribution is -2.02. The zero-order valence-corrected chi connectivity index (χ0v) is 10.1. The summed E-state index contributed by atoms with van der Waals surface area (Å²) in [6.07, 6.45) is 0. The molecule has 0 saturated carbocycles. The molecule has 0 aromatic heterocycles. The first-order chi connectivity index (χ1) is 8.91. The summed E-state index contributed by atoms with van der Waals surface area (Å²) in [5.41, 5.74) is 0.590. The van der Waals surface area contributed by atoms with E-state index in [0.29, 0.717) is 0 Å². The van der Waals surface area contributed by atoms with Gasteiger partial charge in [0.05, 0.1) is 11.1 Å². The number of hydrogen-bond donors (Lipinski definition) is 4. The van der Waals surface area contributed by atoms with Crippen molar-refractivity contribution in [1.82, 2.24) is 0 Å². The number of aromatic hydroxyl groups is 4. The van der Waals surface area contributed by atoms with Crippen LogP contribution in [-0.4, -0.2) is 26.2 Å². The molecule has 2 aromatic rings. The smallest absolute Gasteiger partial charge is 0.201 e. The van der Waals surface area contributed by atoms with Gasteiger partial charge in [0, 0.05) is 0 Å². The Bertz CT molecular complexity index is 661. The second-order valence-corrected chi connectivity index (χ2v) is 4.18. The van der Waals surface area contributed by atoms with Gasteiger partial charge in [-0.1, -0.05) is 6.07 Å². The van der Waals surface area contributed by atoms with E-state index in [1.165, 1.54) is 18.2 Å². The Hall–Kier alpha value is -2.69. The fourth-order valence-corrected chi connectivity index (χ4v) is 1.73. The standard InChI is InChI=1S/C14H12O5/c1-7-2-3-8(11(16)6-7)12(17)9-4-5-10(15)14(19)13(9)18/h2-6,15-16,18-19H,1H3. The molecule has 0 aliphatic heterocycles. The number of aryl methyl sites for hydroxylation is 1. The molecule has 0 amide bonds. The molecule has 5 heteroatoms. The molecule has 5 nitrogen and oxygen atoms in total. The summed E-state index contributed by atoms with van der Waals surface area (Å²) < 4.78 is 0. The van der Waals surface area contributed by atoms with Gasteiger partial charge in [-0.3, -0.25) is 4.79 Å². The van der Waals surface area contributed by atoms with Gasteiger partial charge in [-0.2, -0.15) is 0 Å². The highest BCUT2D eigenvalue weighted by molar-refractivity contribution is 6.12. The molecule has 0 aliphatic carbocycles. The highest BCUT2D eigenvalue weighted by Crippen LogP contribution is 2.38. The van der Waals surface area contributed by atoms with Gasteiger partial charge in [0.25, 0.3) is 0 Å². The fraction of sp³-hybridized carbons (Fsp3) is 0.0714. The van der Waals surface area contributed by atoms with E-state index in [1.807, 2.05) is 0 Å². The number of benzene rings is 2. The molecule has 0 radical (unpaired) electrons. The van der Waals surface area contributed by atoms with Crippen molar-refractivity contribution < 1.29 is 25.2 Å². The van der Waals surface area contributed by atoms with Gasteiger partial charge in [-0.05, 0) is 36.8 Å². The minimum Gasteiger partial charge on any atom is -0.507 e. The van der Waals surface area contributed by atoms with Crippen LogP contribution in [0.1, 0.15) is 21.5 Å². The number of phenols is 4. The molecule has 0 saturated heterocycles. The molecular weight excluding hydrogens is 248 g/mol. The van der Waals surface area contributed by atoms with Crippen LogP contribution < -0.4 is 0 Å². The first kappa shape index (κ1) is 12.8. The Labute approximate surface area is 109 Å². The average Bonchev–Trinajstić information content (AvgIpc) is 2.35. The van der Waals surface area contributed by atoms with Crippen LogP contribution in [0.2, 0.25) is 0 Å². The van der Waals surface area contributed by atoms with E-state index >= 15 is 0 Å². The summed E-state index contributed by atoms with van der Waals surface area (Å²) in [4.78, 5) is 12.2. The van der Waals surface area contributed by atoms with E-state index in [4.69, 9.17) is 0 Å². The van der Waals surface area contributed by atoms with E-state index in [9.17, 15) is 25.2 Å². The summed E-state index contributed by atoms with van der Waals surface area (Å²) in [7, 11) is 0. The van der Waals surface area contributed by atoms with E-state index in [-0.39, 0.29) is 16.9 Å². The Kier molecular flexibility index (Phi) is 3.04. The molecule has 2 rings (SSSR count). The van der Waals surface area contributed by atoms with E-state index in [2.05, 4.69) is 0 Å². The number of carbonyl (C=O) groups is 1. The van der Waals surface area contributed by atoms with E-state index in [0.717, 1.165) is 11.6 Å². The molecule has 4 N–H and O–H groups in total. The molecular formula is C14H12O5. The predicted molar refractivity (Wildman–Crippen MR) is 67.7 cm³/mol. The van der Waals surface area contributed by atoms with Crippen molar-refractivity contribution in [2.75, 3.05) is 0 Å². The number of hydrogen-bond acceptors (Lipinski definition) is 5. The highest BCUT2D eigenvalue weighted by Gasteiger charge is 2.20. The van der Waals surface area contributed by atoms with Gasteiger partial charge in [0.2, 0.25) is 11.5 Å². The lowest BCUT2D eigenvalue weighted by molar-refractivity contribution is 0.103. The summed E-state index contributed by atoms with van der Waals surface area (Å²) in [5.74, 6) is -2.87. The molecule has 0 unspecified atom stereocenters. The lowest BCUT2D eigenvalue weighted by Gasteiger charge is -2.08. The van der Waals surface area contributed by atoms with Crippen molar-refractivity contribution in [1.29, 1.82) is 0 Å². The molecule has 0 aliphatic rings. The van der Waals surface area contributed by atoms with Gasteiger partial charge in [0.15, 0.2) is 11.5 Å².